The van der Waals surface area contributed by atoms with E-state index in [1.165, 1.54) is 12.8 Å². The van der Waals surface area contributed by atoms with Gasteiger partial charge in [0.25, 0.3) is 5.91 Å². The van der Waals surface area contributed by atoms with Gasteiger partial charge in [-0.3, -0.25) is 4.79 Å². The Morgan fingerprint density at radius 1 is 1.32 bits per heavy atom. The van der Waals surface area contributed by atoms with Crippen molar-refractivity contribution in [2.24, 2.45) is 0 Å². The third-order valence-corrected chi connectivity index (χ3v) is 4.41. The molecule has 0 radical (unpaired) electrons. The molecule has 1 fully saturated rings. The van der Waals surface area contributed by atoms with Gasteiger partial charge in [0, 0.05) is 24.6 Å². The lowest BCUT2D eigenvalue weighted by atomic mass is 10.1. The molecule has 8 heteroatoms. The standard InChI is InChI=1S/C17H24N6O2/c1-10(2)12-9-13(21-17(18)20-12)15(24)19-8-7-14-22-16(25-23-14)11-5-3-4-6-11/h9-11H,3-8H2,1-2H3,(H,19,24)(H2,18,20,21). The normalized spacial score (nSPS) is 15.0. The number of anilines is 1. The van der Waals surface area contributed by atoms with Gasteiger partial charge in [-0.25, -0.2) is 9.97 Å². The Morgan fingerprint density at radius 3 is 2.80 bits per heavy atom. The monoisotopic (exact) mass is 344 g/mol. The van der Waals surface area contributed by atoms with E-state index in [1.807, 2.05) is 13.8 Å². The first-order valence-corrected chi connectivity index (χ1v) is 8.78. The Balaban J connectivity index is 1.54. The fourth-order valence-electron chi connectivity index (χ4n) is 2.98. The lowest BCUT2D eigenvalue weighted by Crippen LogP contribution is -2.27. The zero-order chi connectivity index (χ0) is 17.8. The highest BCUT2D eigenvalue weighted by Crippen LogP contribution is 2.32. The molecule has 0 aromatic carbocycles. The van der Waals surface area contributed by atoms with Crippen LogP contribution in [0, 0.1) is 0 Å². The number of aromatic nitrogens is 4. The molecule has 0 bridgehead atoms. The highest BCUT2D eigenvalue weighted by molar-refractivity contribution is 5.92. The number of carbonyl (C=O) groups is 1. The molecule has 0 aliphatic heterocycles. The topological polar surface area (TPSA) is 120 Å². The van der Waals surface area contributed by atoms with Crippen LogP contribution in [0.3, 0.4) is 0 Å². The first-order chi connectivity index (χ1) is 12.0. The summed E-state index contributed by atoms with van der Waals surface area (Å²) in [6, 6.07) is 1.67. The molecular formula is C17H24N6O2. The van der Waals surface area contributed by atoms with Crippen LogP contribution in [-0.2, 0) is 6.42 Å². The van der Waals surface area contributed by atoms with Crippen LogP contribution in [0.5, 0.6) is 0 Å². The van der Waals surface area contributed by atoms with Gasteiger partial charge < -0.3 is 15.6 Å². The van der Waals surface area contributed by atoms with E-state index >= 15 is 0 Å². The average molecular weight is 344 g/mol. The van der Waals surface area contributed by atoms with Gasteiger partial charge in [0.1, 0.15) is 5.69 Å². The van der Waals surface area contributed by atoms with Crippen LogP contribution in [0.2, 0.25) is 0 Å². The van der Waals surface area contributed by atoms with Crippen molar-refractivity contribution >= 4 is 11.9 Å². The van der Waals surface area contributed by atoms with Crippen LogP contribution in [-0.4, -0.2) is 32.6 Å². The second-order valence-electron chi connectivity index (χ2n) is 6.73. The van der Waals surface area contributed by atoms with E-state index in [0.717, 1.165) is 24.4 Å². The number of amides is 1. The third kappa shape index (κ3) is 4.32. The second kappa shape index (κ2) is 7.58. The van der Waals surface area contributed by atoms with Gasteiger partial charge in [-0.15, -0.1) is 0 Å². The fourth-order valence-corrected chi connectivity index (χ4v) is 2.98. The van der Waals surface area contributed by atoms with Crippen LogP contribution in [0.25, 0.3) is 0 Å². The summed E-state index contributed by atoms with van der Waals surface area (Å²) < 4.78 is 5.34. The molecule has 2 heterocycles. The maximum atomic E-state index is 12.3. The predicted molar refractivity (Wildman–Crippen MR) is 92.1 cm³/mol. The van der Waals surface area contributed by atoms with Gasteiger partial charge in [0.15, 0.2) is 5.82 Å². The van der Waals surface area contributed by atoms with Gasteiger partial charge in [0.05, 0.1) is 0 Å². The van der Waals surface area contributed by atoms with Crippen LogP contribution >= 0.6 is 0 Å². The number of hydrogen-bond acceptors (Lipinski definition) is 7. The summed E-state index contributed by atoms with van der Waals surface area (Å²) in [7, 11) is 0. The van der Waals surface area contributed by atoms with Crippen LogP contribution < -0.4 is 11.1 Å². The summed E-state index contributed by atoms with van der Waals surface area (Å²) in [5.74, 6) is 1.74. The lowest BCUT2D eigenvalue weighted by molar-refractivity contribution is 0.0948. The maximum absolute atomic E-state index is 12.3. The van der Waals surface area contributed by atoms with E-state index in [1.54, 1.807) is 6.07 Å². The van der Waals surface area contributed by atoms with Gasteiger partial charge in [-0.1, -0.05) is 31.8 Å². The summed E-state index contributed by atoms with van der Waals surface area (Å²) >= 11 is 0. The second-order valence-corrected chi connectivity index (χ2v) is 6.73. The smallest absolute Gasteiger partial charge is 0.270 e. The van der Waals surface area contributed by atoms with Gasteiger partial charge >= 0.3 is 0 Å². The summed E-state index contributed by atoms with van der Waals surface area (Å²) in [5.41, 5.74) is 6.70. The molecule has 8 nitrogen and oxygen atoms in total. The molecule has 0 unspecified atom stereocenters. The maximum Gasteiger partial charge on any atom is 0.270 e. The van der Waals surface area contributed by atoms with Crippen LogP contribution in [0.4, 0.5) is 5.95 Å². The van der Waals surface area contributed by atoms with Crippen molar-refractivity contribution in [2.45, 2.75) is 57.8 Å². The highest BCUT2D eigenvalue weighted by Gasteiger charge is 2.22. The summed E-state index contributed by atoms with van der Waals surface area (Å²) in [5, 5.41) is 6.81. The number of rotatable bonds is 6. The molecule has 2 aromatic heterocycles. The molecule has 1 saturated carbocycles. The molecule has 1 amide bonds. The number of carbonyl (C=O) groups excluding carboxylic acids is 1. The van der Waals surface area contributed by atoms with Crippen molar-refractivity contribution in [3.63, 3.8) is 0 Å². The zero-order valence-corrected chi connectivity index (χ0v) is 14.7. The number of nitrogen functional groups attached to an aromatic ring is 1. The molecule has 0 spiro atoms. The summed E-state index contributed by atoms with van der Waals surface area (Å²) in [6.07, 6.45) is 5.19. The Hall–Kier alpha value is -2.51. The van der Waals surface area contributed by atoms with E-state index in [2.05, 4.69) is 25.4 Å². The van der Waals surface area contributed by atoms with Crippen molar-refractivity contribution in [3.05, 3.63) is 29.2 Å². The molecule has 3 N–H and O–H groups in total. The molecule has 0 saturated heterocycles. The first-order valence-electron chi connectivity index (χ1n) is 8.78. The van der Waals surface area contributed by atoms with E-state index in [-0.39, 0.29) is 23.5 Å². The lowest BCUT2D eigenvalue weighted by Gasteiger charge is -2.08. The van der Waals surface area contributed by atoms with Gasteiger partial charge in [-0.05, 0) is 24.8 Å². The van der Waals surface area contributed by atoms with Crippen LogP contribution in [0.1, 0.15) is 79.3 Å². The van der Waals surface area contributed by atoms with E-state index in [4.69, 9.17) is 10.3 Å². The molecule has 3 rings (SSSR count). The number of nitrogens with two attached hydrogens (primary N) is 1. The van der Waals surface area contributed by atoms with Crippen molar-refractivity contribution in [1.29, 1.82) is 0 Å². The Bertz CT molecular complexity index is 736. The Labute approximate surface area is 146 Å². The quantitative estimate of drug-likeness (QED) is 0.824. The van der Waals surface area contributed by atoms with E-state index in [9.17, 15) is 4.79 Å². The molecule has 134 valence electrons. The van der Waals surface area contributed by atoms with Crippen molar-refractivity contribution in [2.75, 3.05) is 12.3 Å². The Morgan fingerprint density at radius 2 is 2.08 bits per heavy atom. The van der Waals surface area contributed by atoms with Gasteiger partial charge in [0.2, 0.25) is 11.8 Å². The number of hydrogen-bond donors (Lipinski definition) is 2. The molecule has 0 atom stereocenters. The predicted octanol–water partition coefficient (Wildman–Crippen LogP) is 2.20. The molecule has 25 heavy (non-hydrogen) atoms. The zero-order valence-electron chi connectivity index (χ0n) is 14.7. The Kier molecular flexibility index (Phi) is 5.25. The van der Waals surface area contributed by atoms with Crippen LogP contribution in [0.15, 0.2) is 10.6 Å². The van der Waals surface area contributed by atoms with Crippen molar-refractivity contribution < 1.29 is 9.32 Å². The van der Waals surface area contributed by atoms with E-state index < -0.39 is 0 Å². The third-order valence-electron chi connectivity index (χ3n) is 4.41. The molecule has 1 aliphatic carbocycles. The minimum atomic E-state index is -0.282. The molecular weight excluding hydrogens is 320 g/mol. The number of nitrogens with zero attached hydrogens (tertiary/aromatic N) is 4. The number of nitrogens with one attached hydrogen (secondary N) is 1. The molecule has 2 aromatic rings. The average Bonchev–Trinajstić information content (AvgIpc) is 3.25. The highest BCUT2D eigenvalue weighted by atomic mass is 16.5. The van der Waals surface area contributed by atoms with E-state index in [0.29, 0.717) is 24.7 Å². The fraction of sp³-hybridized carbons (Fsp3) is 0.588. The summed E-state index contributed by atoms with van der Waals surface area (Å²) in [6.45, 7) is 4.38. The first kappa shape index (κ1) is 17.3. The minimum absolute atomic E-state index is 0.107. The SMILES string of the molecule is CC(C)c1cc(C(=O)NCCc2noc(C3CCCC3)n2)nc(N)n1. The van der Waals surface area contributed by atoms with Crippen molar-refractivity contribution in [3.8, 4) is 0 Å². The van der Waals surface area contributed by atoms with Gasteiger partial charge in [-0.2, -0.15) is 4.98 Å². The molecule has 1 aliphatic rings. The largest absolute Gasteiger partial charge is 0.368 e. The summed E-state index contributed by atoms with van der Waals surface area (Å²) in [4.78, 5) is 24.8. The van der Waals surface area contributed by atoms with Crippen molar-refractivity contribution in [1.82, 2.24) is 25.4 Å². The minimum Gasteiger partial charge on any atom is -0.368 e.